The van der Waals surface area contributed by atoms with Crippen molar-refractivity contribution in [2.45, 2.75) is 38.7 Å². The molecule has 7 nitrogen and oxygen atoms in total. The second kappa shape index (κ2) is 10.2. The zero-order valence-corrected chi connectivity index (χ0v) is 15.1. The van der Waals surface area contributed by atoms with E-state index in [4.69, 9.17) is 13.9 Å². The van der Waals surface area contributed by atoms with Gasteiger partial charge in [-0.1, -0.05) is 0 Å². The van der Waals surface area contributed by atoms with Gasteiger partial charge in [-0.25, -0.2) is 0 Å². The Hall–Kier alpha value is -1.86. The van der Waals surface area contributed by atoms with E-state index in [0.29, 0.717) is 37.6 Å². The third-order valence-corrected chi connectivity index (χ3v) is 4.28. The van der Waals surface area contributed by atoms with Gasteiger partial charge in [0.25, 0.3) is 5.91 Å². The summed E-state index contributed by atoms with van der Waals surface area (Å²) in [6, 6.07) is 1.67. The number of carbonyl (C=O) groups is 2. The van der Waals surface area contributed by atoms with Gasteiger partial charge in [-0.3, -0.25) is 9.59 Å². The number of ether oxygens (including phenoxy) is 2. The first-order chi connectivity index (χ1) is 12.1. The molecule has 2 heterocycles. The number of nitrogens with zero attached hydrogens (tertiary/aromatic N) is 1. The molecule has 0 aliphatic carbocycles. The number of nitrogens with one attached hydrogen (secondary N) is 1. The maximum atomic E-state index is 12.8. The quantitative estimate of drug-likeness (QED) is 0.649. The summed E-state index contributed by atoms with van der Waals surface area (Å²) >= 11 is 0. The molecule has 7 heteroatoms. The fraction of sp³-hybridized carbons (Fsp3) is 0.667. The number of rotatable bonds is 10. The minimum atomic E-state index is -0.117. The Morgan fingerprint density at radius 2 is 2.28 bits per heavy atom. The fourth-order valence-electron chi connectivity index (χ4n) is 2.86. The molecule has 1 N–H and O–H groups in total. The van der Waals surface area contributed by atoms with Crippen LogP contribution < -0.4 is 5.32 Å². The van der Waals surface area contributed by atoms with E-state index in [9.17, 15) is 9.59 Å². The third kappa shape index (κ3) is 6.17. The molecule has 0 spiro atoms. The summed E-state index contributed by atoms with van der Waals surface area (Å²) < 4.78 is 15.8. The number of hydrogen-bond acceptors (Lipinski definition) is 5. The molecule has 1 saturated heterocycles. The average molecular weight is 352 g/mol. The predicted molar refractivity (Wildman–Crippen MR) is 92.4 cm³/mol. The Morgan fingerprint density at radius 3 is 2.92 bits per heavy atom. The van der Waals surface area contributed by atoms with Crippen molar-refractivity contribution in [3.05, 3.63) is 23.7 Å². The summed E-state index contributed by atoms with van der Waals surface area (Å²) in [7, 11) is 1.63. The summed E-state index contributed by atoms with van der Waals surface area (Å²) in [5.41, 5.74) is 0.540. The van der Waals surface area contributed by atoms with Crippen LogP contribution in [0.25, 0.3) is 0 Å². The SMILES string of the molecule is COCCCNC(=O)CCN(CC1CCCO1)C(=O)c1ccoc1C. The van der Waals surface area contributed by atoms with Crippen molar-refractivity contribution in [2.75, 3.05) is 40.0 Å². The lowest BCUT2D eigenvalue weighted by Crippen LogP contribution is -2.40. The van der Waals surface area contributed by atoms with Crippen molar-refractivity contribution in [2.24, 2.45) is 0 Å². The molecular weight excluding hydrogens is 324 g/mol. The topological polar surface area (TPSA) is 81.0 Å². The van der Waals surface area contributed by atoms with Crippen molar-refractivity contribution >= 4 is 11.8 Å². The zero-order valence-electron chi connectivity index (χ0n) is 15.1. The molecule has 0 radical (unpaired) electrons. The summed E-state index contributed by atoms with van der Waals surface area (Å²) in [6.45, 7) is 4.55. The van der Waals surface area contributed by atoms with E-state index in [0.717, 1.165) is 25.9 Å². The van der Waals surface area contributed by atoms with Crippen molar-refractivity contribution in [1.29, 1.82) is 0 Å². The van der Waals surface area contributed by atoms with Gasteiger partial charge in [0.15, 0.2) is 0 Å². The van der Waals surface area contributed by atoms with E-state index < -0.39 is 0 Å². The molecule has 25 heavy (non-hydrogen) atoms. The summed E-state index contributed by atoms with van der Waals surface area (Å²) in [4.78, 5) is 26.5. The first-order valence-corrected chi connectivity index (χ1v) is 8.82. The summed E-state index contributed by atoms with van der Waals surface area (Å²) in [6.07, 6.45) is 4.54. The van der Waals surface area contributed by atoms with Crippen LogP contribution in [0, 0.1) is 6.92 Å². The second-order valence-electron chi connectivity index (χ2n) is 6.22. The first kappa shape index (κ1) is 19.5. The van der Waals surface area contributed by atoms with E-state index in [-0.39, 0.29) is 24.3 Å². The number of aryl methyl sites for hydroxylation is 1. The van der Waals surface area contributed by atoms with Crippen LogP contribution in [0.15, 0.2) is 16.7 Å². The maximum absolute atomic E-state index is 12.8. The van der Waals surface area contributed by atoms with E-state index in [1.165, 1.54) is 6.26 Å². The van der Waals surface area contributed by atoms with Gasteiger partial charge in [0.2, 0.25) is 5.91 Å². The van der Waals surface area contributed by atoms with Gasteiger partial charge in [0.05, 0.1) is 17.9 Å². The summed E-state index contributed by atoms with van der Waals surface area (Å²) in [5.74, 6) is 0.408. The van der Waals surface area contributed by atoms with Gasteiger partial charge >= 0.3 is 0 Å². The number of methoxy groups -OCH3 is 1. The zero-order chi connectivity index (χ0) is 18.1. The van der Waals surface area contributed by atoms with Crippen molar-refractivity contribution in [3.63, 3.8) is 0 Å². The summed E-state index contributed by atoms with van der Waals surface area (Å²) in [5, 5.41) is 2.84. The molecule has 140 valence electrons. The lowest BCUT2D eigenvalue weighted by molar-refractivity contribution is -0.121. The average Bonchev–Trinajstić information content (AvgIpc) is 3.26. The maximum Gasteiger partial charge on any atom is 0.257 e. The molecule has 1 aliphatic rings. The van der Waals surface area contributed by atoms with Gasteiger partial charge in [0, 0.05) is 46.4 Å². The lowest BCUT2D eigenvalue weighted by atomic mass is 10.1. The van der Waals surface area contributed by atoms with Gasteiger partial charge in [-0.15, -0.1) is 0 Å². The Morgan fingerprint density at radius 1 is 1.44 bits per heavy atom. The van der Waals surface area contributed by atoms with E-state index in [2.05, 4.69) is 5.32 Å². The van der Waals surface area contributed by atoms with Crippen LogP contribution >= 0.6 is 0 Å². The Balaban J connectivity index is 1.89. The van der Waals surface area contributed by atoms with Gasteiger partial charge in [0.1, 0.15) is 5.76 Å². The Labute approximate surface area is 148 Å². The molecule has 1 aliphatic heterocycles. The molecular formula is C18H28N2O5. The van der Waals surface area contributed by atoms with Crippen molar-refractivity contribution in [3.8, 4) is 0 Å². The smallest absolute Gasteiger partial charge is 0.257 e. The number of hydrogen-bond donors (Lipinski definition) is 1. The van der Waals surface area contributed by atoms with E-state index in [1.54, 1.807) is 25.0 Å². The van der Waals surface area contributed by atoms with Crippen LogP contribution in [0.1, 0.15) is 41.8 Å². The van der Waals surface area contributed by atoms with Crippen LogP contribution in [0.4, 0.5) is 0 Å². The van der Waals surface area contributed by atoms with Crippen molar-refractivity contribution < 1.29 is 23.5 Å². The molecule has 1 atom stereocenters. The molecule has 1 aromatic heterocycles. The molecule has 0 bridgehead atoms. The van der Waals surface area contributed by atoms with Gasteiger partial charge in [-0.2, -0.15) is 0 Å². The van der Waals surface area contributed by atoms with E-state index >= 15 is 0 Å². The second-order valence-corrected chi connectivity index (χ2v) is 6.22. The van der Waals surface area contributed by atoms with E-state index in [1.807, 2.05) is 0 Å². The molecule has 1 unspecified atom stereocenters. The Kier molecular flexibility index (Phi) is 7.94. The molecule has 2 amide bonds. The largest absolute Gasteiger partial charge is 0.469 e. The highest BCUT2D eigenvalue weighted by Crippen LogP contribution is 2.17. The van der Waals surface area contributed by atoms with Crippen LogP contribution in [0.2, 0.25) is 0 Å². The standard InChI is InChI=1S/C18H28N2O5/c1-14-16(7-12-24-14)18(22)20(13-15-5-3-11-25-15)9-6-17(21)19-8-4-10-23-2/h7,12,15H,3-6,8-11,13H2,1-2H3,(H,19,21). The Bertz CT molecular complexity index is 551. The fourth-order valence-corrected chi connectivity index (χ4v) is 2.86. The van der Waals surface area contributed by atoms with Gasteiger partial charge in [-0.05, 0) is 32.3 Å². The predicted octanol–water partition coefficient (Wildman–Crippen LogP) is 1.75. The normalized spacial score (nSPS) is 16.8. The minimum absolute atomic E-state index is 0.0425. The molecule has 1 aromatic rings. The van der Waals surface area contributed by atoms with Crippen LogP contribution in [-0.2, 0) is 14.3 Å². The molecule has 0 aromatic carbocycles. The number of furan rings is 1. The highest BCUT2D eigenvalue weighted by atomic mass is 16.5. The number of carbonyl (C=O) groups excluding carboxylic acids is 2. The lowest BCUT2D eigenvalue weighted by Gasteiger charge is -2.25. The van der Waals surface area contributed by atoms with Crippen LogP contribution in [0.3, 0.4) is 0 Å². The minimum Gasteiger partial charge on any atom is -0.469 e. The highest BCUT2D eigenvalue weighted by Gasteiger charge is 2.25. The van der Waals surface area contributed by atoms with Crippen LogP contribution in [-0.4, -0.2) is 62.8 Å². The third-order valence-electron chi connectivity index (χ3n) is 4.28. The van der Waals surface area contributed by atoms with Crippen molar-refractivity contribution in [1.82, 2.24) is 10.2 Å². The number of amides is 2. The van der Waals surface area contributed by atoms with Gasteiger partial charge < -0.3 is 24.1 Å². The highest BCUT2D eigenvalue weighted by molar-refractivity contribution is 5.95. The first-order valence-electron chi connectivity index (χ1n) is 8.82. The monoisotopic (exact) mass is 352 g/mol. The molecule has 1 fully saturated rings. The molecule has 0 saturated carbocycles. The van der Waals surface area contributed by atoms with Crippen LogP contribution in [0.5, 0.6) is 0 Å². The molecule has 2 rings (SSSR count).